The molecule has 0 aliphatic carbocycles. The summed E-state index contributed by atoms with van der Waals surface area (Å²) < 4.78 is 0. The number of benzene rings is 2. The van der Waals surface area contributed by atoms with Gasteiger partial charge >= 0.3 is 0 Å². The summed E-state index contributed by atoms with van der Waals surface area (Å²) in [5.41, 5.74) is 1.88. The van der Waals surface area contributed by atoms with E-state index >= 15 is 0 Å². The van der Waals surface area contributed by atoms with E-state index < -0.39 is 0 Å². The molecule has 0 unspecified atom stereocenters. The highest BCUT2D eigenvalue weighted by atomic mass is 35.5. The number of quaternary nitrogens is 1. The van der Waals surface area contributed by atoms with E-state index in [1.165, 1.54) is 4.90 Å². The van der Waals surface area contributed by atoms with Crippen molar-refractivity contribution in [1.29, 1.82) is 0 Å². The van der Waals surface area contributed by atoms with Crippen molar-refractivity contribution in [1.82, 2.24) is 5.32 Å². The van der Waals surface area contributed by atoms with Crippen molar-refractivity contribution in [2.24, 2.45) is 0 Å². The van der Waals surface area contributed by atoms with Gasteiger partial charge in [0.05, 0.1) is 20.5 Å². The fourth-order valence-electron chi connectivity index (χ4n) is 2.43. The lowest BCUT2D eigenvalue weighted by atomic mass is 10.1. The number of nitrogens with one attached hydrogen (secondary N) is 2. The van der Waals surface area contributed by atoms with Crippen LogP contribution in [0, 0.1) is 0 Å². The molecular weight excluding hydrogens is 331 g/mol. The third-order valence-electron chi connectivity index (χ3n) is 3.52. The largest absolute Gasteiger partial charge is 0.343 e. The lowest BCUT2D eigenvalue weighted by Crippen LogP contribution is -3.06. The van der Waals surface area contributed by atoms with Gasteiger partial charge in [0.25, 0.3) is 0 Å². The first-order valence-electron chi connectivity index (χ1n) is 7.53. The molecule has 0 saturated carbocycles. The van der Waals surface area contributed by atoms with Gasteiger partial charge < -0.3 is 10.2 Å². The molecular formula is C18H21Cl2N2O+. The van der Waals surface area contributed by atoms with E-state index in [2.05, 4.69) is 19.4 Å². The summed E-state index contributed by atoms with van der Waals surface area (Å²) in [4.78, 5) is 13.7. The topological polar surface area (TPSA) is 33.5 Å². The number of hydrogen-bond donors (Lipinski definition) is 2. The highest BCUT2D eigenvalue weighted by Gasteiger charge is 2.18. The van der Waals surface area contributed by atoms with E-state index in [-0.39, 0.29) is 18.4 Å². The van der Waals surface area contributed by atoms with Crippen molar-refractivity contribution in [3.05, 3.63) is 69.7 Å². The van der Waals surface area contributed by atoms with E-state index in [4.69, 9.17) is 23.2 Å². The highest BCUT2D eigenvalue weighted by Crippen LogP contribution is 2.21. The Kier molecular flexibility index (Phi) is 6.46. The minimum Gasteiger partial charge on any atom is -0.343 e. The van der Waals surface area contributed by atoms with Crippen LogP contribution in [-0.2, 0) is 11.2 Å². The van der Waals surface area contributed by atoms with Crippen LogP contribution in [0.2, 0.25) is 10.0 Å². The minimum absolute atomic E-state index is 0.0280. The number of halogens is 2. The molecule has 2 N–H and O–H groups in total. The van der Waals surface area contributed by atoms with Crippen LogP contribution in [-0.4, -0.2) is 26.5 Å². The number of carbonyl (C=O) groups is 1. The second-order valence-electron chi connectivity index (χ2n) is 5.85. The van der Waals surface area contributed by atoms with Crippen LogP contribution in [0.4, 0.5) is 0 Å². The van der Waals surface area contributed by atoms with Crippen molar-refractivity contribution in [2.75, 3.05) is 20.6 Å². The summed E-state index contributed by atoms with van der Waals surface area (Å²) in [5.74, 6) is -0.0516. The molecule has 23 heavy (non-hydrogen) atoms. The van der Waals surface area contributed by atoms with Gasteiger partial charge in [0, 0.05) is 10.0 Å². The van der Waals surface area contributed by atoms with Gasteiger partial charge in [-0.1, -0.05) is 59.6 Å². The molecule has 5 heteroatoms. The number of amides is 1. The Bertz CT molecular complexity index is 659. The Labute approximate surface area is 147 Å². The maximum Gasteiger partial charge on any atom is 0.225 e. The number of rotatable bonds is 6. The average molecular weight is 352 g/mol. The summed E-state index contributed by atoms with van der Waals surface area (Å²) in [6, 6.07) is 15.2. The van der Waals surface area contributed by atoms with Crippen molar-refractivity contribution in [3.8, 4) is 0 Å². The van der Waals surface area contributed by atoms with E-state index in [9.17, 15) is 4.79 Å². The zero-order valence-electron chi connectivity index (χ0n) is 13.3. The smallest absolute Gasteiger partial charge is 0.225 e. The van der Waals surface area contributed by atoms with Crippen LogP contribution in [0.25, 0.3) is 0 Å². The SMILES string of the molecule is C[NH+](C)C[C@@H](NC(=O)Cc1ccc(Cl)cc1Cl)c1ccccc1. The van der Waals surface area contributed by atoms with Crippen LogP contribution < -0.4 is 10.2 Å². The highest BCUT2D eigenvalue weighted by molar-refractivity contribution is 6.35. The van der Waals surface area contributed by atoms with Gasteiger partial charge in [-0.15, -0.1) is 0 Å². The van der Waals surface area contributed by atoms with Crippen LogP contribution in [0.5, 0.6) is 0 Å². The van der Waals surface area contributed by atoms with Crippen LogP contribution in [0.1, 0.15) is 17.2 Å². The molecule has 0 spiro atoms. The average Bonchev–Trinajstić information content (AvgIpc) is 2.50. The summed E-state index contributed by atoms with van der Waals surface area (Å²) in [7, 11) is 4.14. The molecule has 0 radical (unpaired) electrons. The maximum atomic E-state index is 12.4. The Hall–Kier alpha value is -1.55. The molecule has 2 aromatic rings. The Morgan fingerprint density at radius 2 is 1.83 bits per heavy atom. The summed E-state index contributed by atoms with van der Waals surface area (Å²) in [6.07, 6.45) is 0.238. The molecule has 0 aliphatic heterocycles. The molecule has 0 fully saturated rings. The Morgan fingerprint density at radius 1 is 1.13 bits per heavy atom. The zero-order valence-corrected chi connectivity index (χ0v) is 14.8. The molecule has 0 saturated heterocycles. The van der Waals surface area contributed by atoms with Crippen LogP contribution in [0.3, 0.4) is 0 Å². The van der Waals surface area contributed by atoms with Gasteiger partial charge in [-0.3, -0.25) is 4.79 Å². The van der Waals surface area contributed by atoms with E-state index in [0.717, 1.165) is 17.7 Å². The fourth-order valence-corrected chi connectivity index (χ4v) is 2.90. The Morgan fingerprint density at radius 3 is 2.43 bits per heavy atom. The van der Waals surface area contributed by atoms with Gasteiger partial charge in [-0.2, -0.15) is 0 Å². The van der Waals surface area contributed by atoms with Crippen LogP contribution >= 0.6 is 23.2 Å². The van der Waals surface area contributed by atoms with Gasteiger partial charge in [0.1, 0.15) is 12.6 Å². The molecule has 0 aromatic heterocycles. The predicted molar refractivity (Wildman–Crippen MR) is 95.2 cm³/mol. The number of carbonyl (C=O) groups excluding carboxylic acids is 1. The van der Waals surface area contributed by atoms with Gasteiger partial charge in [0.15, 0.2) is 0 Å². The quantitative estimate of drug-likeness (QED) is 0.823. The lowest BCUT2D eigenvalue weighted by Gasteiger charge is -2.21. The van der Waals surface area contributed by atoms with Crippen molar-refractivity contribution in [2.45, 2.75) is 12.5 Å². The molecule has 2 aromatic carbocycles. The molecule has 3 nitrogen and oxygen atoms in total. The molecule has 0 aliphatic rings. The standard InChI is InChI=1S/C18H20Cl2N2O/c1-22(2)12-17(13-6-4-3-5-7-13)21-18(23)10-14-8-9-15(19)11-16(14)20/h3-9,11,17H,10,12H2,1-2H3,(H,21,23)/p+1/t17-/m1/s1. The van der Waals surface area contributed by atoms with E-state index in [0.29, 0.717) is 10.0 Å². The molecule has 0 heterocycles. The predicted octanol–water partition coefficient (Wildman–Crippen LogP) is 2.54. The summed E-state index contributed by atoms with van der Waals surface area (Å²) in [6.45, 7) is 0.810. The third-order valence-corrected chi connectivity index (χ3v) is 4.10. The first-order chi connectivity index (χ1) is 11.0. The molecule has 1 atom stereocenters. The van der Waals surface area contributed by atoms with Crippen molar-refractivity contribution >= 4 is 29.1 Å². The fraction of sp³-hybridized carbons (Fsp3) is 0.278. The third kappa shape index (κ3) is 5.54. The first kappa shape index (κ1) is 17.8. The number of hydrogen-bond acceptors (Lipinski definition) is 1. The van der Waals surface area contributed by atoms with Crippen molar-refractivity contribution in [3.63, 3.8) is 0 Å². The van der Waals surface area contributed by atoms with Crippen molar-refractivity contribution < 1.29 is 9.69 Å². The number of likely N-dealkylation sites (N-methyl/N-ethyl adjacent to an activating group) is 1. The Balaban J connectivity index is 2.08. The van der Waals surface area contributed by atoms with E-state index in [1.807, 2.05) is 30.3 Å². The maximum absolute atomic E-state index is 12.4. The normalized spacial score (nSPS) is 12.2. The first-order valence-corrected chi connectivity index (χ1v) is 8.28. The van der Waals surface area contributed by atoms with Gasteiger partial charge in [0.2, 0.25) is 5.91 Å². The second kappa shape index (κ2) is 8.34. The lowest BCUT2D eigenvalue weighted by molar-refractivity contribution is -0.860. The van der Waals surface area contributed by atoms with Gasteiger partial charge in [-0.05, 0) is 23.3 Å². The zero-order chi connectivity index (χ0) is 16.8. The summed E-state index contributed by atoms with van der Waals surface area (Å²) in [5, 5.41) is 4.19. The molecule has 2 rings (SSSR count). The van der Waals surface area contributed by atoms with Gasteiger partial charge in [-0.25, -0.2) is 0 Å². The van der Waals surface area contributed by atoms with Crippen LogP contribution in [0.15, 0.2) is 48.5 Å². The monoisotopic (exact) mass is 351 g/mol. The molecule has 0 bridgehead atoms. The second-order valence-corrected chi connectivity index (χ2v) is 6.70. The molecule has 122 valence electrons. The van der Waals surface area contributed by atoms with E-state index in [1.54, 1.807) is 18.2 Å². The molecule has 1 amide bonds. The minimum atomic E-state index is -0.0516. The summed E-state index contributed by atoms with van der Waals surface area (Å²) >= 11 is 12.0.